The van der Waals surface area contributed by atoms with E-state index in [-0.39, 0.29) is 6.61 Å². The van der Waals surface area contributed by atoms with Gasteiger partial charge in [-0.05, 0) is 47.5 Å². The van der Waals surface area contributed by atoms with Crippen LogP contribution in [0.25, 0.3) is 0 Å². The fraction of sp³-hybridized carbons (Fsp3) is 0.286. The summed E-state index contributed by atoms with van der Waals surface area (Å²) in [6.07, 6.45) is 2.81. The molecule has 0 radical (unpaired) electrons. The lowest BCUT2D eigenvalue weighted by Crippen LogP contribution is -1.90. The summed E-state index contributed by atoms with van der Waals surface area (Å²) >= 11 is 7.67. The maximum absolute atomic E-state index is 8.86. The highest BCUT2D eigenvalue weighted by molar-refractivity contribution is 7.10. The van der Waals surface area contributed by atoms with Gasteiger partial charge in [0.2, 0.25) is 0 Å². The van der Waals surface area contributed by atoms with Gasteiger partial charge in [0, 0.05) is 22.9 Å². The first-order valence-electron chi connectivity index (χ1n) is 5.69. The quantitative estimate of drug-likeness (QED) is 0.875. The van der Waals surface area contributed by atoms with Gasteiger partial charge in [-0.3, -0.25) is 0 Å². The summed E-state index contributed by atoms with van der Waals surface area (Å²) in [7, 11) is 0. The second kappa shape index (κ2) is 6.20. The molecule has 1 aromatic heterocycles. The van der Waals surface area contributed by atoms with Gasteiger partial charge in [-0.15, -0.1) is 11.3 Å². The van der Waals surface area contributed by atoms with Gasteiger partial charge in [0.1, 0.15) is 0 Å². The number of aliphatic hydroxyl groups excluding tert-OH is 1. The van der Waals surface area contributed by atoms with Crippen LogP contribution in [0, 0.1) is 0 Å². The predicted molar refractivity (Wildman–Crippen MR) is 74.0 cm³/mol. The SMILES string of the molecule is OCCc1cc(CCc2cccc(Cl)c2)cs1. The Labute approximate surface area is 111 Å². The van der Waals surface area contributed by atoms with E-state index in [4.69, 9.17) is 16.7 Å². The Morgan fingerprint density at radius 1 is 1.06 bits per heavy atom. The van der Waals surface area contributed by atoms with Crippen LogP contribution in [-0.2, 0) is 19.3 Å². The van der Waals surface area contributed by atoms with E-state index in [9.17, 15) is 0 Å². The van der Waals surface area contributed by atoms with Gasteiger partial charge in [0.05, 0.1) is 0 Å². The average molecular weight is 267 g/mol. The van der Waals surface area contributed by atoms with Crippen molar-refractivity contribution in [2.24, 2.45) is 0 Å². The number of halogens is 1. The summed E-state index contributed by atoms with van der Waals surface area (Å²) in [5.74, 6) is 0. The molecule has 0 atom stereocenters. The zero-order chi connectivity index (χ0) is 12.1. The molecular weight excluding hydrogens is 252 g/mol. The third kappa shape index (κ3) is 3.84. The van der Waals surface area contributed by atoms with Gasteiger partial charge >= 0.3 is 0 Å². The predicted octanol–water partition coefficient (Wildman–Crippen LogP) is 3.72. The summed E-state index contributed by atoms with van der Waals surface area (Å²) in [5, 5.41) is 11.8. The molecule has 0 fully saturated rings. The highest BCUT2D eigenvalue weighted by Crippen LogP contribution is 2.18. The third-order valence-corrected chi connectivity index (χ3v) is 3.94. The van der Waals surface area contributed by atoms with Crippen molar-refractivity contribution in [3.8, 4) is 0 Å². The van der Waals surface area contributed by atoms with Crippen LogP contribution in [0.4, 0.5) is 0 Å². The van der Waals surface area contributed by atoms with Crippen molar-refractivity contribution in [3.63, 3.8) is 0 Å². The van der Waals surface area contributed by atoms with Crippen LogP contribution < -0.4 is 0 Å². The minimum atomic E-state index is 0.230. The summed E-state index contributed by atoms with van der Waals surface area (Å²) in [6, 6.07) is 10.2. The molecule has 3 heteroatoms. The van der Waals surface area contributed by atoms with Gasteiger partial charge in [-0.2, -0.15) is 0 Å². The molecule has 17 heavy (non-hydrogen) atoms. The second-order valence-electron chi connectivity index (χ2n) is 4.02. The molecule has 1 aromatic carbocycles. The van der Waals surface area contributed by atoms with E-state index in [1.54, 1.807) is 11.3 Å². The van der Waals surface area contributed by atoms with Gasteiger partial charge in [0.25, 0.3) is 0 Å². The lowest BCUT2D eigenvalue weighted by atomic mass is 10.1. The summed E-state index contributed by atoms with van der Waals surface area (Å²) in [6.45, 7) is 0.230. The monoisotopic (exact) mass is 266 g/mol. The normalized spacial score (nSPS) is 10.7. The molecule has 2 rings (SSSR count). The number of rotatable bonds is 5. The maximum Gasteiger partial charge on any atom is 0.0479 e. The van der Waals surface area contributed by atoms with Crippen molar-refractivity contribution in [1.29, 1.82) is 0 Å². The van der Waals surface area contributed by atoms with E-state index in [1.165, 1.54) is 16.0 Å². The van der Waals surface area contributed by atoms with Gasteiger partial charge in [-0.25, -0.2) is 0 Å². The Hall–Kier alpha value is -0.830. The summed E-state index contributed by atoms with van der Waals surface area (Å²) in [5.41, 5.74) is 2.62. The fourth-order valence-corrected chi connectivity index (χ4v) is 2.91. The van der Waals surface area contributed by atoms with Crippen LogP contribution in [-0.4, -0.2) is 11.7 Å². The molecule has 1 heterocycles. The standard InChI is InChI=1S/C14H15ClOS/c15-13-3-1-2-11(8-13)4-5-12-9-14(6-7-16)17-10-12/h1-3,8-10,16H,4-7H2. The van der Waals surface area contributed by atoms with Crippen molar-refractivity contribution < 1.29 is 5.11 Å². The number of hydrogen-bond donors (Lipinski definition) is 1. The molecule has 0 spiro atoms. The Balaban J connectivity index is 1.93. The minimum absolute atomic E-state index is 0.230. The number of hydrogen-bond acceptors (Lipinski definition) is 2. The third-order valence-electron chi connectivity index (χ3n) is 2.66. The molecule has 0 saturated carbocycles. The topological polar surface area (TPSA) is 20.2 Å². The lowest BCUT2D eigenvalue weighted by Gasteiger charge is -2.00. The summed E-state index contributed by atoms with van der Waals surface area (Å²) in [4.78, 5) is 1.26. The van der Waals surface area contributed by atoms with Gasteiger partial charge in [0.15, 0.2) is 0 Å². The number of thiophene rings is 1. The van der Waals surface area contributed by atoms with Gasteiger partial charge < -0.3 is 5.11 Å². The highest BCUT2D eigenvalue weighted by Gasteiger charge is 2.01. The van der Waals surface area contributed by atoms with E-state index in [0.717, 1.165) is 24.3 Å². The summed E-state index contributed by atoms with van der Waals surface area (Å²) < 4.78 is 0. The van der Waals surface area contributed by atoms with Crippen LogP contribution in [0.5, 0.6) is 0 Å². The van der Waals surface area contributed by atoms with E-state index in [0.29, 0.717) is 0 Å². The van der Waals surface area contributed by atoms with Crippen LogP contribution in [0.1, 0.15) is 16.0 Å². The average Bonchev–Trinajstić information content (AvgIpc) is 2.75. The molecule has 90 valence electrons. The van der Waals surface area contributed by atoms with Crippen molar-refractivity contribution >= 4 is 22.9 Å². The molecular formula is C14H15ClOS. The molecule has 0 unspecified atom stereocenters. The van der Waals surface area contributed by atoms with Crippen LogP contribution >= 0.6 is 22.9 Å². The first-order chi connectivity index (χ1) is 8.28. The minimum Gasteiger partial charge on any atom is -0.396 e. The molecule has 0 bridgehead atoms. The Morgan fingerprint density at radius 3 is 2.65 bits per heavy atom. The lowest BCUT2D eigenvalue weighted by molar-refractivity contribution is 0.300. The molecule has 1 nitrogen and oxygen atoms in total. The zero-order valence-corrected chi connectivity index (χ0v) is 11.1. The number of aryl methyl sites for hydroxylation is 2. The maximum atomic E-state index is 8.86. The van der Waals surface area contributed by atoms with Crippen molar-refractivity contribution in [2.75, 3.05) is 6.61 Å². The first-order valence-corrected chi connectivity index (χ1v) is 6.95. The van der Waals surface area contributed by atoms with E-state index in [1.807, 2.05) is 18.2 Å². The highest BCUT2D eigenvalue weighted by atomic mass is 35.5. The molecule has 0 aliphatic heterocycles. The smallest absolute Gasteiger partial charge is 0.0479 e. The van der Waals surface area contributed by atoms with E-state index >= 15 is 0 Å². The van der Waals surface area contributed by atoms with Crippen molar-refractivity contribution in [3.05, 3.63) is 56.7 Å². The Kier molecular flexibility index (Phi) is 4.60. The Morgan fingerprint density at radius 2 is 1.88 bits per heavy atom. The molecule has 2 aromatic rings. The van der Waals surface area contributed by atoms with Crippen LogP contribution in [0.15, 0.2) is 35.7 Å². The van der Waals surface area contributed by atoms with Crippen molar-refractivity contribution in [1.82, 2.24) is 0 Å². The zero-order valence-electron chi connectivity index (χ0n) is 9.53. The van der Waals surface area contributed by atoms with E-state index < -0.39 is 0 Å². The van der Waals surface area contributed by atoms with Crippen molar-refractivity contribution in [2.45, 2.75) is 19.3 Å². The number of aliphatic hydroxyl groups is 1. The van der Waals surface area contributed by atoms with E-state index in [2.05, 4.69) is 17.5 Å². The Bertz CT molecular complexity index is 479. The fourth-order valence-electron chi connectivity index (χ4n) is 1.78. The molecule has 0 aliphatic carbocycles. The molecule has 0 amide bonds. The molecule has 0 saturated heterocycles. The molecule has 1 N–H and O–H groups in total. The molecule has 0 aliphatic rings. The first kappa shape index (κ1) is 12.6. The second-order valence-corrected chi connectivity index (χ2v) is 5.46. The van der Waals surface area contributed by atoms with Gasteiger partial charge in [-0.1, -0.05) is 23.7 Å². The van der Waals surface area contributed by atoms with Crippen LogP contribution in [0.2, 0.25) is 5.02 Å². The number of benzene rings is 1. The largest absolute Gasteiger partial charge is 0.396 e. The van der Waals surface area contributed by atoms with Crippen LogP contribution in [0.3, 0.4) is 0 Å².